The van der Waals surface area contributed by atoms with E-state index in [4.69, 9.17) is 10.5 Å². The van der Waals surface area contributed by atoms with Crippen molar-refractivity contribution in [1.82, 2.24) is 5.32 Å². The van der Waals surface area contributed by atoms with E-state index >= 15 is 0 Å². The third kappa shape index (κ3) is 7.05. The van der Waals surface area contributed by atoms with Crippen LogP contribution in [-0.4, -0.2) is 37.4 Å². The number of hydrogen-bond acceptors (Lipinski definition) is 4. The van der Waals surface area contributed by atoms with Crippen molar-refractivity contribution in [3.8, 4) is 5.75 Å². The molecule has 0 aromatic heterocycles. The molecular weight excluding hydrogens is 308 g/mol. The van der Waals surface area contributed by atoms with Crippen LogP contribution >= 0.6 is 0 Å². The standard InChI is InChI=1S/C15H21F2N3O3/c1-9(2)14(18)15(22)19-7-13(21)20-10-3-5-11(6-4-10)23-8-12(16)17/h3-6,9,12,14H,7-8,18H2,1-2H3,(H,19,22)(H,20,21)/t14-/m0/s1. The number of amides is 2. The van der Waals surface area contributed by atoms with Crippen LogP contribution in [0.1, 0.15) is 13.8 Å². The van der Waals surface area contributed by atoms with E-state index < -0.39 is 30.9 Å². The van der Waals surface area contributed by atoms with Gasteiger partial charge in [-0.05, 0) is 30.2 Å². The summed E-state index contributed by atoms with van der Waals surface area (Å²) in [5.74, 6) is -0.570. The molecule has 6 nitrogen and oxygen atoms in total. The van der Waals surface area contributed by atoms with Crippen LogP contribution in [0.3, 0.4) is 0 Å². The summed E-state index contributed by atoms with van der Waals surface area (Å²) in [6, 6.07) is 5.28. The summed E-state index contributed by atoms with van der Waals surface area (Å²) < 4.78 is 28.8. The number of benzene rings is 1. The number of alkyl halides is 2. The van der Waals surface area contributed by atoms with Crippen LogP contribution in [0, 0.1) is 5.92 Å². The minimum absolute atomic E-state index is 0.0288. The number of anilines is 1. The van der Waals surface area contributed by atoms with Gasteiger partial charge >= 0.3 is 0 Å². The van der Waals surface area contributed by atoms with Gasteiger partial charge in [0.1, 0.15) is 12.4 Å². The summed E-state index contributed by atoms with van der Waals surface area (Å²) >= 11 is 0. The Morgan fingerprint density at radius 1 is 1.22 bits per heavy atom. The van der Waals surface area contributed by atoms with Gasteiger partial charge in [0.25, 0.3) is 6.43 Å². The lowest BCUT2D eigenvalue weighted by atomic mass is 10.1. The zero-order valence-corrected chi connectivity index (χ0v) is 13.0. The molecule has 0 unspecified atom stereocenters. The lowest BCUT2D eigenvalue weighted by Gasteiger charge is -2.15. The van der Waals surface area contributed by atoms with Gasteiger partial charge in [0.2, 0.25) is 11.8 Å². The van der Waals surface area contributed by atoms with Crippen LogP contribution in [0.2, 0.25) is 0 Å². The van der Waals surface area contributed by atoms with E-state index in [1.54, 1.807) is 0 Å². The summed E-state index contributed by atoms with van der Waals surface area (Å²) in [7, 11) is 0. The molecule has 0 aliphatic carbocycles. The predicted molar refractivity (Wildman–Crippen MR) is 82.4 cm³/mol. The minimum Gasteiger partial charge on any atom is -0.488 e. The molecule has 0 saturated carbocycles. The molecule has 23 heavy (non-hydrogen) atoms. The van der Waals surface area contributed by atoms with Gasteiger partial charge in [-0.2, -0.15) is 0 Å². The number of nitrogens with one attached hydrogen (secondary N) is 2. The van der Waals surface area contributed by atoms with E-state index in [0.29, 0.717) is 5.69 Å². The number of nitrogens with two attached hydrogens (primary N) is 1. The molecule has 0 bridgehead atoms. The van der Waals surface area contributed by atoms with Crippen molar-refractivity contribution >= 4 is 17.5 Å². The highest BCUT2D eigenvalue weighted by Crippen LogP contribution is 2.16. The van der Waals surface area contributed by atoms with Gasteiger partial charge in [-0.3, -0.25) is 9.59 Å². The van der Waals surface area contributed by atoms with E-state index in [1.165, 1.54) is 24.3 Å². The summed E-state index contributed by atoms with van der Waals surface area (Å²) in [5.41, 5.74) is 6.11. The molecule has 4 N–H and O–H groups in total. The number of carbonyl (C=O) groups excluding carboxylic acids is 2. The summed E-state index contributed by atoms with van der Waals surface area (Å²) in [5, 5.41) is 5.00. The van der Waals surface area contributed by atoms with Gasteiger partial charge in [0.15, 0.2) is 0 Å². The minimum atomic E-state index is -2.55. The van der Waals surface area contributed by atoms with Crippen molar-refractivity contribution in [1.29, 1.82) is 0 Å². The van der Waals surface area contributed by atoms with Crippen molar-refractivity contribution < 1.29 is 23.1 Å². The average molecular weight is 329 g/mol. The van der Waals surface area contributed by atoms with E-state index in [2.05, 4.69) is 10.6 Å². The lowest BCUT2D eigenvalue weighted by Crippen LogP contribution is -2.46. The Morgan fingerprint density at radius 2 is 1.83 bits per heavy atom. The summed E-state index contributed by atoms with van der Waals surface area (Å²) in [6.45, 7) is 2.72. The largest absolute Gasteiger partial charge is 0.488 e. The third-order valence-electron chi connectivity index (χ3n) is 2.96. The third-order valence-corrected chi connectivity index (χ3v) is 2.96. The second-order valence-electron chi connectivity index (χ2n) is 5.26. The Balaban J connectivity index is 2.41. The lowest BCUT2D eigenvalue weighted by molar-refractivity contribution is -0.125. The maximum atomic E-state index is 12.0. The average Bonchev–Trinajstić information content (AvgIpc) is 2.51. The fraction of sp³-hybridized carbons (Fsp3) is 0.467. The van der Waals surface area contributed by atoms with Gasteiger partial charge in [-0.15, -0.1) is 0 Å². The molecule has 0 heterocycles. The number of hydrogen-bond donors (Lipinski definition) is 3. The Labute approximate surface area is 133 Å². The molecule has 1 aromatic carbocycles. The van der Waals surface area contributed by atoms with E-state index in [0.717, 1.165) is 0 Å². The molecule has 0 radical (unpaired) electrons. The SMILES string of the molecule is CC(C)[C@H](N)C(=O)NCC(=O)Nc1ccc(OCC(F)F)cc1. The van der Waals surface area contributed by atoms with Crippen LogP contribution in [0.25, 0.3) is 0 Å². The zero-order chi connectivity index (χ0) is 17.4. The second kappa shape index (κ2) is 9.04. The first-order chi connectivity index (χ1) is 10.8. The first-order valence-corrected chi connectivity index (χ1v) is 7.13. The van der Waals surface area contributed by atoms with Crippen molar-refractivity contribution in [2.75, 3.05) is 18.5 Å². The van der Waals surface area contributed by atoms with Crippen molar-refractivity contribution in [2.24, 2.45) is 11.7 Å². The monoisotopic (exact) mass is 329 g/mol. The summed E-state index contributed by atoms with van der Waals surface area (Å²) in [4.78, 5) is 23.3. The maximum Gasteiger partial charge on any atom is 0.272 e. The van der Waals surface area contributed by atoms with Crippen LogP contribution in [-0.2, 0) is 9.59 Å². The number of ether oxygens (including phenoxy) is 1. The molecule has 1 atom stereocenters. The maximum absolute atomic E-state index is 12.0. The van der Waals surface area contributed by atoms with E-state index in [1.807, 2.05) is 13.8 Å². The van der Waals surface area contributed by atoms with Crippen molar-refractivity contribution in [2.45, 2.75) is 26.3 Å². The quantitative estimate of drug-likeness (QED) is 0.671. The van der Waals surface area contributed by atoms with E-state index in [9.17, 15) is 18.4 Å². The number of carbonyl (C=O) groups is 2. The van der Waals surface area contributed by atoms with Crippen molar-refractivity contribution in [3.63, 3.8) is 0 Å². The highest BCUT2D eigenvalue weighted by Gasteiger charge is 2.17. The van der Waals surface area contributed by atoms with E-state index in [-0.39, 0.29) is 18.2 Å². The predicted octanol–water partition coefficient (Wildman–Crippen LogP) is 1.37. The highest BCUT2D eigenvalue weighted by atomic mass is 19.3. The van der Waals surface area contributed by atoms with Gasteiger partial charge in [-0.25, -0.2) is 8.78 Å². The molecule has 8 heteroatoms. The molecule has 0 aliphatic rings. The Bertz CT molecular complexity index is 521. The zero-order valence-electron chi connectivity index (χ0n) is 13.0. The highest BCUT2D eigenvalue weighted by molar-refractivity contribution is 5.95. The molecule has 0 spiro atoms. The Hall–Kier alpha value is -2.22. The molecule has 1 aromatic rings. The van der Waals surface area contributed by atoms with Gasteiger partial charge in [0, 0.05) is 5.69 Å². The molecule has 128 valence electrons. The number of halogens is 2. The Kier molecular flexibility index (Phi) is 7.40. The van der Waals surface area contributed by atoms with Gasteiger partial charge in [-0.1, -0.05) is 13.8 Å². The molecule has 0 saturated heterocycles. The van der Waals surface area contributed by atoms with Gasteiger partial charge in [0.05, 0.1) is 12.6 Å². The topological polar surface area (TPSA) is 93.5 Å². The molecule has 1 rings (SSSR count). The normalized spacial score (nSPS) is 12.1. The fourth-order valence-corrected chi connectivity index (χ4v) is 1.59. The van der Waals surface area contributed by atoms with Crippen LogP contribution in [0.5, 0.6) is 5.75 Å². The fourth-order valence-electron chi connectivity index (χ4n) is 1.59. The smallest absolute Gasteiger partial charge is 0.272 e. The Morgan fingerprint density at radius 3 is 2.35 bits per heavy atom. The second-order valence-corrected chi connectivity index (χ2v) is 5.26. The van der Waals surface area contributed by atoms with Crippen LogP contribution in [0.4, 0.5) is 14.5 Å². The summed E-state index contributed by atoms with van der Waals surface area (Å²) in [6.07, 6.45) is -2.55. The number of rotatable bonds is 8. The molecular formula is C15H21F2N3O3. The molecule has 2 amide bonds. The van der Waals surface area contributed by atoms with Crippen molar-refractivity contribution in [3.05, 3.63) is 24.3 Å². The molecule has 0 aliphatic heterocycles. The first kappa shape index (κ1) is 18.8. The van der Waals surface area contributed by atoms with Crippen LogP contribution < -0.4 is 21.1 Å². The first-order valence-electron chi connectivity index (χ1n) is 7.13. The van der Waals surface area contributed by atoms with Crippen LogP contribution in [0.15, 0.2) is 24.3 Å². The van der Waals surface area contributed by atoms with Gasteiger partial charge < -0.3 is 21.1 Å². The molecule has 0 fully saturated rings.